The molecule has 5 heteroatoms. The standard InChI is InChI=1S/C16H20N2O3/c1-17-10-11-8-14(20-3)15(21-4)9-12(11)16-13(19-2)6-5-7-18-16/h5-9,17H,10H2,1-4H3. The normalized spacial score (nSPS) is 10.3. The average molecular weight is 288 g/mol. The number of rotatable bonds is 6. The first-order valence-electron chi connectivity index (χ1n) is 6.64. The first-order chi connectivity index (χ1) is 10.2. The summed E-state index contributed by atoms with van der Waals surface area (Å²) in [7, 11) is 6.78. The number of hydrogen-bond acceptors (Lipinski definition) is 5. The summed E-state index contributed by atoms with van der Waals surface area (Å²) in [6.07, 6.45) is 1.75. The quantitative estimate of drug-likeness (QED) is 0.885. The highest BCUT2D eigenvalue weighted by atomic mass is 16.5. The Morgan fingerprint density at radius 3 is 2.29 bits per heavy atom. The zero-order valence-corrected chi connectivity index (χ0v) is 12.8. The van der Waals surface area contributed by atoms with Crippen LogP contribution < -0.4 is 19.5 Å². The van der Waals surface area contributed by atoms with Crippen molar-refractivity contribution < 1.29 is 14.2 Å². The van der Waals surface area contributed by atoms with Crippen molar-refractivity contribution in [3.05, 3.63) is 36.0 Å². The molecule has 1 aromatic heterocycles. The highest BCUT2D eigenvalue weighted by Gasteiger charge is 2.16. The van der Waals surface area contributed by atoms with Crippen LogP contribution in [0.2, 0.25) is 0 Å². The van der Waals surface area contributed by atoms with Crippen molar-refractivity contribution in [3.8, 4) is 28.5 Å². The Morgan fingerprint density at radius 1 is 1.00 bits per heavy atom. The Kier molecular flexibility index (Phi) is 5.00. The average Bonchev–Trinajstić information content (AvgIpc) is 2.54. The maximum atomic E-state index is 5.41. The SMILES string of the molecule is CNCc1cc(OC)c(OC)cc1-c1ncccc1OC. The summed E-state index contributed by atoms with van der Waals surface area (Å²) < 4.78 is 16.2. The fraction of sp³-hybridized carbons (Fsp3) is 0.312. The minimum Gasteiger partial charge on any atom is -0.494 e. The molecule has 0 unspecified atom stereocenters. The van der Waals surface area contributed by atoms with Crippen LogP contribution in [-0.2, 0) is 6.54 Å². The number of pyridine rings is 1. The van der Waals surface area contributed by atoms with E-state index in [-0.39, 0.29) is 0 Å². The van der Waals surface area contributed by atoms with Gasteiger partial charge in [0.05, 0.1) is 21.3 Å². The molecule has 21 heavy (non-hydrogen) atoms. The third kappa shape index (κ3) is 3.08. The van der Waals surface area contributed by atoms with Crippen molar-refractivity contribution in [3.63, 3.8) is 0 Å². The second-order valence-electron chi connectivity index (χ2n) is 4.45. The van der Waals surface area contributed by atoms with Crippen molar-refractivity contribution in [1.82, 2.24) is 10.3 Å². The van der Waals surface area contributed by atoms with E-state index in [1.54, 1.807) is 27.5 Å². The Balaban J connectivity index is 2.65. The molecular formula is C16H20N2O3. The highest BCUT2D eigenvalue weighted by molar-refractivity contribution is 5.73. The molecule has 0 fully saturated rings. The van der Waals surface area contributed by atoms with Gasteiger partial charge in [-0.2, -0.15) is 0 Å². The van der Waals surface area contributed by atoms with Crippen LogP contribution >= 0.6 is 0 Å². The molecule has 0 saturated carbocycles. The summed E-state index contributed by atoms with van der Waals surface area (Å²) in [6.45, 7) is 0.690. The van der Waals surface area contributed by atoms with E-state index in [2.05, 4.69) is 10.3 Å². The van der Waals surface area contributed by atoms with E-state index in [0.717, 1.165) is 22.6 Å². The smallest absolute Gasteiger partial charge is 0.161 e. The highest BCUT2D eigenvalue weighted by Crippen LogP contribution is 2.38. The van der Waals surface area contributed by atoms with E-state index in [4.69, 9.17) is 14.2 Å². The lowest BCUT2D eigenvalue weighted by atomic mass is 10.0. The third-order valence-corrected chi connectivity index (χ3v) is 3.22. The minimum absolute atomic E-state index is 0.667. The molecule has 0 aliphatic carbocycles. The number of ether oxygens (including phenoxy) is 3. The van der Waals surface area contributed by atoms with Gasteiger partial charge in [-0.25, -0.2) is 0 Å². The van der Waals surface area contributed by atoms with Gasteiger partial charge in [0.2, 0.25) is 0 Å². The summed E-state index contributed by atoms with van der Waals surface area (Å²) in [5, 5.41) is 3.16. The first kappa shape index (κ1) is 15.1. The van der Waals surface area contributed by atoms with Gasteiger partial charge in [-0.3, -0.25) is 4.98 Å². The number of methoxy groups -OCH3 is 3. The maximum Gasteiger partial charge on any atom is 0.161 e. The minimum atomic E-state index is 0.667. The molecule has 0 aliphatic rings. The molecule has 5 nitrogen and oxygen atoms in total. The van der Waals surface area contributed by atoms with Crippen LogP contribution in [0, 0.1) is 0 Å². The van der Waals surface area contributed by atoms with Crippen LogP contribution in [0.1, 0.15) is 5.56 Å². The van der Waals surface area contributed by atoms with E-state index in [0.29, 0.717) is 18.0 Å². The molecule has 2 rings (SSSR count). The van der Waals surface area contributed by atoms with Crippen LogP contribution in [-0.4, -0.2) is 33.4 Å². The second-order valence-corrected chi connectivity index (χ2v) is 4.45. The molecule has 0 amide bonds. The van der Waals surface area contributed by atoms with Crippen LogP contribution in [0.5, 0.6) is 17.2 Å². The van der Waals surface area contributed by atoms with Crippen molar-refractivity contribution in [1.29, 1.82) is 0 Å². The van der Waals surface area contributed by atoms with Gasteiger partial charge in [0.25, 0.3) is 0 Å². The Hall–Kier alpha value is -2.27. The lowest BCUT2D eigenvalue weighted by Crippen LogP contribution is -2.08. The lowest BCUT2D eigenvalue weighted by molar-refractivity contribution is 0.354. The van der Waals surface area contributed by atoms with E-state index in [1.165, 1.54) is 0 Å². The number of benzene rings is 1. The van der Waals surface area contributed by atoms with Crippen LogP contribution in [0.3, 0.4) is 0 Å². The third-order valence-electron chi connectivity index (χ3n) is 3.22. The zero-order valence-electron chi connectivity index (χ0n) is 12.8. The topological polar surface area (TPSA) is 52.6 Å². The Morgan fingerprint density at radius 2 is 1.67 bits per heavy atom. The summed E-state index contributed by atoms with van der Waals surface area (Å²) >= 11 is 0. The lowest BCUT2D eigenvalue weighted by Gasteiger charge is -2.16. The molecular weight excluding hydrogens is 268 g/mol. The summed E-state index contributed by atoms with van der Waals surface area (Å²) in [4.78, 5) is 4.44. The van der Waals surface area contributed by atoms with Gasteiger partial charge in [-0.1, -0.05) is 0 Å². The number of nitrogens with zero attached hydrogens (tertiary/aromatic N) is 1. The van der Waals surface area contributed by atoms with Gasteiger partial charge >= 0.3 is 0 Å². The molecule has 2 aromatic rings. The summed E-state index contributed by atoms with van der Waals surface area (Å²) in [5.74, 6) is 2.09. The van der Waals surface area contributed by atoms with Crippen molar-refractivity contribution >= 4 is 0 Å². The molecule has 1 heterocycles. The van der Waals surface area contributed by atoms with E-state index >= 15 is 0 Å². The fourth-order valence-corrected chi connectivity index (χ4v) is 2.24. The van der Waals surface area contributed by atoms with Crippen molar-refractivity contribution in [2.75, 3.05) is 28.4 Å². The van der Waals surface area contributed by atoms with E-state index in [1.807, 2.05) is 31.3 Å². The van der Waals surface area contributed by atoms with Gasteiger partial charge in [0.1, 0.15) is 11.4 Å². The van der Waals surface area contributed by atoms with Gasteiger partial charge in [-0.05, 0) is 36.9 Å². The predicted octanol–water partition coefficient (Wildman–Crippen LogP) is 2.49. The van der Waals surface area contributed by atoms with Gasteiger partial charge in [0.15, 0.2) is 11.5 Å². The molecule has 0 aliphatic heterocycles. The van der Waals surface area contributed by atoms with Gasteiger partial charge < -0.3 is 19.5 Å². The summed E-state index contributed by atoms with van der Waals surface area (Å²) in [5.41, 5.74) is 2.80. The predicted molar refractivity (Wildman–Crippen MR) is 82.1 cm³/mol. The van der Waals surface area contributed by atoms with Crippen LogP contribution in [0.4, 0.5) is 0 Å². The van der Waals surface area contributed by atoms with E-state index in [9.17, 15) is 0 Å². The van der Waals surface area contributed by atoms with Gasteiger partial charge in [-0.15, -0.1) is 0 Å². The molecule has 0 bridgehead atoms. The molecule has 0 atom stereocenters. The molecule has 0 radical (unpaired) electrons. The van der Waals surface area contributed by atoms with E-state index < -0.39 is 0 Å². The Labute approximate surface area is 124 Å². The number of hydrogen-bond donors (Lipinski definition) is 1. The molecule has 1 N–H and O–H groups in total. The van der Waals surface area contributed by atoms with Crippen LogP contribution in [0.25, 0.3) is 11.3 Å². The molecule has 0 saturated heterocycles. The molecule has 0 spiro atoms. The number of nitrogens with one attached hydrogen (secondary N) is 1. The molecule has 112 valence electrons. The number of aromatic nitrogens is 1. The zero-order chi connectivity index (χ0) is 15.2. The second kappa shape index (κ2) is 6.95. The Bertz CT molecular complexity index is 614. The monoisotopic (exact) mass is 288 g/mol. The van der Waals surface area contributed by atoms with Gasteiger partial charge in [0, 0.05) is 18.3 Å². The largest absolute Gasteiger partial charge is 0.494 e. The first-order valence-corrected chi connectivity index (χ1v) is 6.64. The summed E-state index contributed by atoms with van der Waals surface area (Å²) in [6, 6.07) is 7.62. The maximum absolute atomic E-state index is 5.41. The molecule has 1 aromatic carbocycles. The van der Waals surface area contributed by atoms with Crippen molar-refractivity contribution in [2.45, 2.75) is 6.54 Å². The van der Waals surface area contributed by atoms with Crippen LogP contribution in [0.15, 0.2) is 30.5 Å². The van der Waals surface area contributed by atoms with Crippen molar-refractivity contribution in [2.24, 2.45) is 0 Å². The fourth-order valence-electron chi connectivity index (χ4n) is 2.24.